The SMILES string of the molecule is CC1CCN(c2ccccc2NC(=O)[C@@H]2CC(=O)N(c3cccc(C(F)(F)F)c3)C2)CC1. The average Bonchev–Trinajstić information content (AvgIpc) is 3.16. The molecule has 0 spiro atoms. The number of carbonyl (C=O) groups is 2. The number of para-hydroxylation sites is 2. The van der Waals surface area contributed by atoms with Gasteiger partial charge in [0.25, 0.3) is 0 Å². The van der Waals surface area contributed by atoms with Crippen LogP contribution in [0, 0.1) is 11.8 Å². The lowest BCUT2D eigenvalue weighted by Crippen LogP contribution is -2.34. The summed E-state index contributed by atoms with van der Waals surface area (Å²) in [5.74, 6) is -0.612. The number of hydrogen-bond acceptors (Lipinski definition) is 3. The highest BCUT2D eigenvalue weighted by atomic mass is 19.4. The minimum atomic E-state index is -4.49. The number of nitrogens with zero attached hydrogens (tertiary/aromatic N) is 2. The number of alkyl halides is 3. The number of anilines is 3. The van der Waals surface area contributed by atoms with Gasteiger partial charge in [0, 0.05) is 31.7 Å². The van der Waals surface area contributed by atoms with Gasteiger partial charge in [-0.05, 0) is 49.1 Å². The van der Waals surface area contributed by atoms with Gasteiger partial charge in [0.2, 0.25) is 11.8 Å². The summed E-state index contributed by atoms with van der Waals surface area (Å²) >= 11 is 0. The highest BCUT2D eigenvalue weighted by Crippen LogP contribution is 2.34. The lowest BCUT2D eigenvalue weighted by molar-refractivity contribution is -0.137. The molecule has 2 heterocycles. The predicted octanol–water partition coefficient (Wildman–Crippen LogP) is 4.93. The molecule has 2 fully saturated rings. The zero-order valence-corrected chi connectivity index (χ0v) is 17.9. The van der Waals surface area contributed by atoms with E-state index in [1.54, 1.807) is 0 Å². The molecule has 0 saturated carbocycles. The van der Waals surface area contributed by atoms with Crippen LogP contribution in [0.3, 0.4) is 0 Å². The molecule has 2 aromatic rings. The number of piperidine rings is 1. The van der Waals surface area contributed by atoms with Crippen molar-refractivity contribution in [3.63, 3.8) is 0 Å². The second-order valence-electron chi connectivity index (χ2n) is 8.63. The van der Waals surface area contributed by atoms with Crippen molar-refractivity contribution in [3.8, 4) is 0 Å². The smallest absolute Gasteiger partial charge is 0.370 e. The van der Waals surface area contributed by atoms with Gasteiger partial charge in [0.05, 0.1) is 22.9 Å². The van der Waals surface area contributed by atoms with Crippen LogP contribution in [-0.2, 0) is 15.8 Å². The van der Waals surface area contributed by atoms with Crippen LogP contribution in [-0.4, -0.2) is 31.4 Å². The fraction of sp³-hybridized carbons (Fsp3) is 0.417. The third-order valence-corrected chi connectivity index (χ3v) is 6.27. The molecule has 1 N–H and O–H groups in total. The van der Waals surface area contributed by atoms with Gasteiger partial charge in [-0.15, -0.1) is 0 Å². The van der Waals surface area contributed by atoms with E-state index in [2.05, 4.69) is 17.1 Å². The fourth-order valence-electron chi connectivity index (χ4n) is 4.32. The van der Waals surface area contributed by atoms with E-state index in [-0.39, 0.29) is 30.5 Å². The van der Waals surface area contributed by atoms with Crippen LogP contribution in [0.25, 0.3) is 0 Å². The second kappa shape index (κ2) is 8.84. The summed E-state index contributed by atoms with van der Waals surface area (Å²) < 4.78 is 39.1. The highest BCUT2D eigenvalue weighted by molar-refractivity contribution is 6.04. The minimum Gasteiger partial charge on any atom is -0.370 e. The normalized spacial score (nSPS) is 20.0. The molecule has 4 rings (SSSR count). The van der Waals surface area contributed by atoms with Gasteiger partial charge in [0.1, 0.15) is 0 Å². The molecule has 32 heavy (non-hydrogen) atoms. The molecule has 170 valence electrons. The van der Waals surface area contributed by atoms with Crippen molar-refractivity contribution < 1.29 is 22.8 Å². The van der Waals surface area contributed by atoms with Crippen molar-refractivity contribution >= 4 is 28.9 Å². The predicted molar refractivity (Wildman–Crippen MR) is 118 cm³/mol. The van der Waals surface area contributed by atoms with E-state index < -0.39 is 17.7 Å². The number of nitrogens with one attached hydrogen (secondary N) is 1. The molecule has 0 aromatic heterocycles. The quantitative estimate of drug-likeness (QED) is 0.726. The molecule has 2 aromatic carbocycles. The fourth-order valence-corrected chi connectivity index (χ4v) is 4.32. The van der Waals surface area contributed by atoms with Crippen molar-refractivity contribution in [2.75, 3.05) is 34.8 Å². The number of amides is 2. The number of benzene rings is 2. The first-order valence-electron chi connectivity index (χ1n) is 10.8. The third kappa shape index (κ3) is 4.74. The maximum absolute atomic E-state index is 13.0. The van der Waals surface area contributed by atoms with Crippen LogP contribution in [0.4, 0.5) is 30.2 Å². The first-order chi connectivity index (χ1) is 15.2. The van der Waals surface area contributed by atoms with Gasteiger partial charge in [-0.3, -0.25) is 9.59 Å². The summed E-state index contributed by atoms with van der Waals surface area (Å²) in [5, 5.41) is 2.95. The Morgan fingerprint density at radius 2 is 1.78 bits per heavy atom. The van der Waals surface area contributed by atoms with Gasteiger partial charge in [-0.2, -0.15) is 13.2 Å². The zero-order valence-electron chi connectivity index (χ0n) is 17.9. The monoisotopic (exact) mass is 445 g/mol. The highest BCUT2D eigenvalue weighted by Gasteiger charge is 2.37. The van der Waals surface area contributed by atoms with Crippen LogP contribution in [0.5, 0.6) is 0 Å². The summed E-state index contributed by atoms with van der Waals surface area (Å²) in [4.78, 5) is 29.0. The van der Waals surface area contributed by atoms with Crippen molar-refractivity contribution in [3.05, 3.63) is 54.1 Å². The molecular weight excluding hydrogens is 419 g/mol. The molecular formula is C24H26F3N3O2. The van der Waals surface area contributed by atoms with E-state index in [1.165, 1.54) is 17.0 Å². The van der Waals surface area contributed by atoms with Crippen molar-refractivity contribution in [1.82, 2.24) is 0 Å². The lowest BCUT2D eigenvalue weighted by Gasteiger charge is -2.33. The van der Waals surface area contributed by atoms with Crippen molar-refractivity contribution in [1.29, 1.82) is 0 Å². The van der Waals surface area contributed by atoms with Crippen LogP contribution >= 0.6 is 0 Å². The Morgan fingerprint density at radius 1 is 1.06 bits per heavy atom. The Balaban J connectivity index is 1.46. The van der Waals surface area contributed by atoms with Crippen molar-refractivity contribution in [2.45, 2.75) is 32.4 Å². The maximum Gasteiger partial charge on any atom is 0.416 e. The van der Waals surface area contributed by atoms with E-state index in [0.717, 1.165) is 43.8 Å². The Labute approximate surface area is 185 Å². The number of carbonyl (C=O) groups excluding carboxylic acids is 2. The second-order valence-corrected chi connectivity index (χ2v) is 8.63. The van der Waals surface area contributed by atoms with Crippen LogP contribution in [0.2, 0.25) is 0 Å². The average molecular weight is 445 g/mol. The molecule has 2 saturated heterocycles. The standard InChI is InChI=1S/C24H26F3N3O2/c1-16-9-11-29(12-10-16)21-8-3-2-7-20(21)28-23(32)17-13-22(31)30(15-17)19-6-4-5-18(14-19)24(25,26)27/h2-8,14,16-17H,9-13,15H2,1H3,(H,28,32)/t17-/m1/s1. The van der Waals surface area contributed by atoms with Gasteiger partial charge in [-0.1, -0.05) is 25.1 Å². The van der Waals surface area contributed by atoms with Crippen molar-refractivity contribution in [2.24, 2.45) is 11.8 Å². The first-order valence-corrected chi connectivity index (χ1v) is 10.8. The van der Waals surface area contributed by atoms with E-state index in [9.17, 15) is 22.8 Å². The van der Waals surface area contributed by atoms with E-state index in [4.69, 9.17) is 0 Å². The molecule has 2 aliphatic heterocycles. The molecule has 2 aliphatic rings. The molecule has 2 amide bonds. The van der Waals surface area contributed by atoms with Crippen LogP contribution in [0.15, 0.2) is 48.5 Å². The molecule has 1 atom stereocenters. The summed E-state index contributed by atoms with van der Waals surface area (Å²) in [6, 6.07) is 12.2. The number of rotatable bonds is 4. The molecule has 0 aliphatic carbocycles. The summed E-state index contributed by atoms with van der Waals surface area (Å²) in [5.41, 5.74) is 0.979. The maximum atomic E-state index is 13.0. The topological polar surface area (TPSA) is 52.7 Å². The van der Waals surface area contributed by atoms with Gasteiger partial charge >= 0.3 is 6.18 Å². The lowest BCUT2D eigenvalue weighted by atomic mass is 9.98. The van der Waals surface area contributed by atoms with Crippen LogP contribution in [0.1, 0.15) is 31.7 Å². The zero-order chi connectivity index (χ0) is 22.9. The summed E-state index contributed by atoms with van der Waals surface area (Å²) in [6.07, 6.45) is -2.35. The van der Waals surface area contributed by atoms with E-state index in [0.29, 0.717) is 11.6 Å². The van der Waals surface area contributed by atoms with Gasteiger partial charge in [-0.25, -0.2) is 0 Å². The van der Waals surface area contributed by atoms with E-state index in [1.807, 2.05) is 24.3 Å². The molecule has 5 nitrogen and oxygen atoms in total. The Morgan fingerprint density at radius 3 is 2.50 bits per heavy atom. The Kier molecular flexibility index (Phi) is 6.13. The van der Waals surface area contributed by atoms with E-state index >= 15 is 0 Å². The van der Waals surface area contributed by atoms with Crippen LogP contribution < -0.4 is 15.1 Å². The van der Waals surface area contributed by atoms with Gasteiger partial charge in [0.15, 0.2) is 0 Å². The Bertz CT molecular complexity index is 1000. The largest absolute Gasteiger partial charge is 0.416 e. The minimum absolute atomic E-state index is 0.0362. The number of halogens is 3. The summed E-state index contributed by atoms with van der Waals surface area (Å²) in [6.45, 7) is 4.12. The summed E-state index contributed by atoms with van der Waals surface area (Å²) in [7, 11) is 0. The first kappa shape index (κ1) is 22.2. The molecule has 0 bridgehead atoms. The van der Waals surface area contributed by atoms with Gasteiger partial charge < -0.3 is 15.1 Å². The molecule has 0 radical (unpaired) electrons. The molecule has 8 heteroatoms. The molecule has 0 unspecified atom stereocenters. The number of hydrogen-bond donors (Lipinski definition) is 1. The third-order valence-electron chi connectivity index (χ3n) is 6.27. The Hall–Kier alpha value is -3.03.